The van der Waals surface area contributed by atoms with Crippen molar-refractivity contribution in [1.82, 2.24) is 4.90 Å². The molecule has 1 aliphatic carbocycles. The molecule has 0 radical (unpaired) electrons. The van der Waals surface area contributed by atoms with E-state index in [1.807, 2.05) is 0 Å². The van der Waals surface area contributed by atoms with Crippen molar-refractivity contribution in [2.45, 2.75) is 63.9 Å². The molecule has 0 aromatic carbocycles. The fraction of sp³-hybridized carbons (Fsp3) is 1.00. The van der Waals surface area contributed by atoms with Gasteiger partial charge in [-0.25, -0.2) is 0 Å². The fourth-order valence-corrected chi connectivity index (χ4v) is 3.34. The number of piperidine rings is 1. The lowest BCUT2D eigenvalue weighted by Gasteiger charge is -2.39. The maximum Gasteiger partial charge on any atom is 0.0774 e. The van der Waals surface area contributed by atoms with Crippen molar-refractivity contribution in [2.24, 2.45) is 5.92 Å². The smallest absolute Gasteiger partial charge is 0.0774 e. The quantitative estimate of drug-likeness (QED) is 0.798. The van der Waals surface area contributed by atoms with Gasteiger partial charge in [-0.05, 0) is 44.7 Å². The Bertz CT molecular complexity index is 203. The van der Waals surface area contributed by atoms with Crippen molar-refractivity contribution in [3.05, 3.63) is 0 Å². The van der Waals surface area contributed by atoms with Crippen LogP contribution in [0.5, 0.6) is 0 Å². The standard InChI is InChI=1S/C14H27NO/c1-2-13-6-10-15(11-7-13)12-14(16)8-4-3-5-9-14/h13,16H,2-12H2,1H3. The molecule has 0 unspecified atom stereocenters. The molecule has 0 aromatic heterocycles. The minimum Gasteiger partial charge on any atom is -0.389 e. The number of hydrogen-bond acceptors (Lipinski definition) is 2. The van der Waals surface area contributed by atoms with Crippen molar-refractivity contribution in [2.75, 3.05) is 19.6 Å². The number of likely N-dealkylation sites (tertiary alicyclic amines) is 1. The van der Waals surface area contributed by atoms with Gasteiger partial charge >= 0.3 is 0 Å². The average Bonchev–Trinajstić information content (AvgIpc) is 2.30. The minimum atomic E-state index is -0.350. The monoisotopic (exact) mass is 225 g/mol. The van der Waals surface area contributed by atoms with E-state index < -0.39 is 0 Å². The number of nitrogens with zero attached hydrogens (tertiary/aromatic N) is 1. The molecular formula is C14H27NO. The molecule has 94 valence electrons. The normalized spacial score (nSPS) is 28.1. The molecule has 1 N–H and O–H groups in total. The molecule has 1 aliphatic heterocycles. The average molecular weight is 225 g/mol. The van der Waals surface area contributed by atoms with Crippen molar-refractivity contribution < 1.29 is 5.11 Å². The summed E-state index contributed by atoms with van der Waals surface area (Å²) in [5.74, 6) is 0.942. The first-order chi connectivity index (χ1) is 7.72. The Morgan fingerprint density at radius 2 is 1.75 bits per heavy atom. The molecule has 2 heteroatoms. The summed E-state index contributed by atoms with van der Waals surface area (Å²) >= 11 is 0. The first-order valence-electron chi connectivity index (χ1n) is 7.16. The summed E-state index contributed by atoms with van der Waals surface area (Å²) < 4.78 is 0. The predicted molar refractivity (Wildman–Crippen MR) is 67.5 cm³/mol. The third kappa shape index (κ3) is 3.21. The second-order valence-electron chi connectivity index (χ2n) is 5.91. The van der Waals surface area contributed by atoms with E-state index in [9.17, 15) is 5.11 Å². The van der Waals surface area contributed by atoms with Crippen molar-refractivity contribution in [1.29, 1.82) is 0 Å². The van der Waals surface area contributed by atoms with Crippen molar-refractivity contribution in [3.63, 3.8) is 0 Å². The zero-order valence-electron chi connectivity index (χ0n) is 10.7. The molecular weight excluding hydrogens is 198 g/mol. The maximum atomic E-state index is 10.5. The summed E-state index contributed by atoms with van der Waals surface area (Å²) in [4.78, 5) is 2.50. The molecule has 2 aliphatic rings. The Morgan fingerprint density at radius 3 is 2.31 bits per heavy atom. The van der Waals surface area contributed by atoms with Gasteiger partial charge in [0.25, 0.3) is 0 Å². The zero-order valence-corrected chi connectivity index (χ0v) is 10.7. The van der Waals surface area contributed by atoms with E-state index in [0.717, 1.165) is 25.3 Å². The van der Waals surface area contributed by atoms with Crippen LogP contribution in [0, 0.1) is 5.92 Å². The van der Waals surface area contributed by atoms with Crippen LogP contribution in [0.15, 0.2) is 0 Å². The highest BCUT2D eigenvalue weighted by molar-refractivity contribution is 4.87. The summed E-state index contributed by atoms with van der Waals surface area (Å²) in [6, 6.07) is 0. The minimum absolute atomic E-state index is 0.350. The molecule has 16 heavy (non-hydrogen) atoms. The molecule has 1 saturated heterocycles. The number of hydrogen-bond donors (Lipinski definition) is 1. The Hall–Kier alpha value is -0.0800. The maximum absolute atomic E-state index is 10.5. The van der Waals surface area contributed by atoms with Gasteiger partial charge < -0.3 is 10.0 Å². The highest BCUT2D eigenvalue weighted by Gasteiger charge is 2.32. The molecule has 0 atom stereocenters. The molecule has 0 aromatic rings. The van der Waals surface area contributed by atoms with E-state index in [1.165, 1.54) is 51.6 Å². The number of β-amino-alcohol motifs (C(OH)–C–C–N with tert-alkyl or cyclic N) is 1. The van der Waals surface area contributed by atoms with Gasteiger partial charge in [0, 0.05) is 6.54 Å². The lowest BCUT2D eigenvalue weighted by Crippen LogP contribution is -2.47. The molecule has 2 rings (SSSR count). The Balaban J connectivity index is 1.77. The lowest BCUT2D eigenvalue weighted by atomic mass is 9.83. The van der Waals surface area contributed by atoms with E-state index in [-0.39, 0.29) is 5.60 Å². The SMILES string of the molecule is CCC1CCN(CC2(O)CCCCC2)CC1. The van der Waals surface area contributed by atoms with Gasteiger partial charge in [0.2, 0.25) is 0 Å². The molecule has 0 bridgehead atoms. The number of aliphatic hydroxyl groups is 1. The summed E-state index contributed by atoms with van der Waals surface area (Å²) in [7, 11) is 0. The van der Waals surface area contributed by atoms with Gasteiger partial charge in [-0.1, -0.05) is 32.6 Å². The van der Waals surface area contributed by atoms with E-state index in [2.05, 4.69) is 11.8 Å². The van der Waals surface area contributed by atoms with Crippen molar-refractivity contribution in [3.8, 4) is 0 Å². The van der Waals surface area contributed by atoms with Gasteiger partial charge in [0.15, 0.2) is 0 Å². The Labute approximate surface area is 100 Å². The van der Waals surface area contributed by atoms with Crippen LogP contribution in [0.2, 0.25) is 0 Å². The Kier molecular flexibility index (Phi) is 4.26. The third-order valence-corrected chi connectivity index (χ3v) is 4.59. The lowest BCUT2D eigenvalue weighted by molar-refractivity contribution is -0.0327. The summed E-state index contributed by atoms with van der Waals surface area (Å²) in [5.41, 5.74) is -0.350. The van der Waals surface area contributed by atoms with Crippen LogP contribution in [0.3, 0.4) is 0 Å². The Morgan fingerprint density at radius 1 is 1.12 bits per heavy atom. The van der Waals surface area contributed by atoms with E-state index >= 15 is 0 Å². The largest absolute Gasteiger partial charge is 0.389 e. The molecule has 0 amide bonds. The summed E-state index contributed by atoms with van der Waals surface area (Å²) in [6.07, 6.45) is 9.84. The molecule has 0 spiro atoms. The third-order valence-electron chi connectivity index (χ3n) is 4.59. The van der Waals surface area contributed by atoms with Crippen LogP contribution < -0.4 is 0 Å². The molecule has 1 heterocycles. The van der Waals surface area contributed by atoms with E-state index in [4.69, 9.17) is 0 Å². The van der Waals surface area contributed by atoms with Crippen LogP contribution >= 0.6 is 0 Å². The summed E-state index contributed by atoms with van der Waals surface area (Å²) in [6.45, 7) is 5.65. The highest BCUT2D eigenvalue weighted by atomic mass is 16.3. The van der Waals surface area contributed by atoms with Crippen LogP contribution in [0.25, 0.3) is 0 Å². The highest BCUT2D eigenvalue weighted by Crippen LogP contribution is 2.30. The van der Waals surface area contributed by atoms with E-state index in [0.29, 0.717) is 0 Å². The van der Waals surface area contributed by atoms with Gasteiger partial charge in [-0.15, -0.1) is 0 Å². The van der Waals surface area contributed by atoms with Gasteiger partial charge in [-0.2, -0.15) is 0 Å². The molecule has 2 fully saturated rings. The van der Waals surface area contributed by atoms with E-state index in [1.54, 1.807) is 0 Å². The van der Waals surface area contributed by atoms with Gasteiger partial charge in [-0.3, -0.25) is 0 Å². The van der Waals surface area contributed by atoms with Crippen LogP contribution in [-0.4, -0.2) is 35.2 Å². The van der Waals surface area contributed by atoms with Crippen molar-refractivity contribution >= 4 is 0 Å². The van der Waals surface area contributed by atoms with Crippen LogP contribution in [-0.2, 0) is 0 Å². The second-order valence-corrected chi connectivity index (χ2v) is 5.91. The second kappa shape index (κ2) is 5.50. The molecule has 1 saturated carbocycles. The summed E-state index contributed by atoms with van der Waals surface area (Å²) in [5, 5.41) is 10.5. The molecule has 2 nitrogen and oxygen atoms in total. The van der Waals surface area contributed by atoms with Gasteiger partial charge in [0.05, 0.1) is 5.60 Å². The first-order valence-corrected chi connectivity index (χ1v) is 7.16. The zero-order chi connectivity index (χ0) is 11.4. The van der Waals surface area contributed by atoms with Gasteiger partial charge in [0.1, 0.15) is 0 Å². The predicted octanol–water partition coefficient (Wildman–Crippen LogP) is 2.80. The van der Waals surface area contributed by atoms with Crippen LogP contribution in [0.1, 0.15) is 58.3 Å². The van der Waals surface area contributed by atoms with Crippen LogP contribution in [0.4, 0.5) is 0 Å². The fourth-order valence-electron chi connectivity index (χ4n) is 3.34. The first kappa shape index (κ1) is 12.4. The topological polar surface area (TPSA) is 23.5 Å². The number of rotatable bonds is 3.